The van der Waals surface area contributed by atoms with E-state index in [0.717, 1.165) is 15.7 Å². The largest absolute Gasteiger partial charge is 0.271 e. The summed E-state index contributed by atoms with van der Waals surface area (Å²) in [6.45, 7) is 0. The van der Waals surface area contributed by atoms with Crippen molar-refractivity contribution in [3.63, 3.8) is 0 Å². The van der Waals surface area contributed by atoms with Crippen LogP contribution in [0.15, 0.2) is 41.0 Å². The number of aromatic nitrogens is 1. The van der Waals surface area contributed by atoms with Crippen molar-refractivity contribution in [1.29, 1.82) is 0 Å². The molecule has 1 aromatic heterocycles. The highest BCUT2D eigenvalue weighted by Gasteiger charge is 2.13. The third-order valence-corrected chi connectivity index (χ3v) is 3.51. The Balaban J connectivity index is 2.19. The van der Waals surface area contributed by atoms with Gasteiger partial charge in [0.05, 0.1) is 11.1 Å². The van der Waals surface area contributed by atoms with E-state index in [1.54, 1.807) is 18.3 Å². The van der Waals surface area contributed by atoms with Crippen LogP contribution in [0.1, 0.15) is 17.3 Å². The van der Waals surface area contributed by atoms with Crippen molar-refractivity contribution in [1.82, 2.24) is 10.4 Å². The summed E-state index contributed by atoms with van der Waals surface area (Å²) >= 11 is 9.10. The summed E-state index contributed by atoms with van der Waals surface area (Å²) in [5.74, 6) is 5.11. The van der Waals surface area contributed by atoms with Crippen molar-refractivity contribution in [3.05, 3.63) is 63.1 Å². The lowest BCUT2D eigenvalue weighted by atomic mass is 10.0. The molecular formula is C13H12BrClFN3. The molecule has 0 bridgehead atoms. The second-order valence-corrected chi connectivity index (χ2v) is 5.39. The summed E-state index contributed by atoms with van der Waals surface area (Å²) in [7, 11) is 0. The fraction of sp³-hybridized carbons (Fsp3) is 0.154. The van der Waals surface area contributed by atoms with E-state index in [9.17, 15) is 4.39 Å². The zero-order valence-corrected chi connectivity index (χ0v) is 12.2. The molecule has 0 saturated carbocycles. The molecule has 1 heterocycles. The first-order valence-electron chi connectivity index (χ1n) is 5.61. The number of hydrogen-bond acceptors (Lipinski definition) is 3. The second-order valence-electron chi connectivity index (χ2n) is 4.06. The molecule has 0 amide bonds. The Bertz CT molecular complexity index is 562. The number of rotatable bonds is 4. The molecule has 0 spiro atoms. The third-order valence-electron chi connectivity index (χ3n) is 2.75. The smallest absolute Gasteiger partial charge is 0.141 e. The third kappa shape index (κ3) is 3.73. The van der Waals surface area contributed by atoms with Crippen LogP contribution in [-0.2, 0) is 6.42 Å². The molecule has 2 rings (SSSR count). The summed E-state index contributed by atoms with van der Waals surface area (Å²) in [5.41, 5.74) is 4.39. The predicted octanol–water partition coefficient (Wildman–Crippen LogP) is 3.38. The van der Waals surface area contributed by atoms with Crippen LogP contribution in [0.2, 0.25) is 5.02 Å². The summed E-state index contributed by atoms with van der Waals surface area (Å²) in [5, 5.41) is 0.0847. The number of nitrogens with one attached hydrogen (secondary N) is 1. The SMILES string of the molecule is NNC(Cc1ccc(Br)cn1)c1ccc(F)c(Cl)c1. The van der Waals surface area contributed by atoms with Crippen molar-refractivity contribution in [3.8, 4) is 0 Å². The topological polar surface area (TPSA) is 50.9 Å². The number of halogens is 3. The van der Waals surface area contributed by atoms with Gasteiger partial charge in [0.25, 0.3) is 0 Å². The van der Waals surface area contributed by atoms with E-state index < -0.39 is 5.82 Å². The Morgan fingerprint density at radius 3 is 2.74 bits per heavy atom. The average Bonchev–Trinajstić information content (AvgIpc) is 2.41. The molecule has 19 heavy (non-hydrogen) atoms. The lowest BCUT2D eigenvalue weighted by molar-refractivity contribution is 0.543. The Labute approximate surface area is 124 Å². The zero-order chi connectivity index (χ0) is 13.8. The molecule has 2 aromatic rings. The molecule has 0 aliphatic carbocycles. The van der Waals surface area contributed by atoms with Crippen LogP contribution in [0.4, 0.5) is 4.39 Å². The molecule has 0 saturated heterocycles. The minimum Gasteiger partial charge on any atom is -0.271 e. The van der Waals surface area contributed by atoms with E-state index in [1.165, 1.54) is 6.07 Å². The van der Waals surface area contributed by atoms with Crippen molar-refractivity contribution in [2.75, 3.05) is 0 Å². The Morgan fingerprint density at radius 1 is 1.37 bits per heavy atom. The van der Waals surface area contributed by atoms with Crippen LogP contribution in [-0.4, -0.2) is 4.98 Å². The van der Waals surface area contributed by atoms with Gasteiger partial charge >= 0.3 is 0 Å². The van der Waals surface area contributed by atoms with Crippen molar-refractivity contribution < 1.29 is 4.39 Å². The van der Waals surface area contributed by atoms with Crippen LogP contribution in [0.25, 0.3) is 0 Å². The van der Waals surface area contributed by atoms with Gasteiger partial charge in [-0.15, -0.1) is 0 Å². The monoisotopic (exact) mass is 343 g/mol. The number of benzene rings is 1. The van der Waals surface area contributed by atoms with Crippen LogP contribution in [0, 0.1) is 5.82 Å². The maximum Gasteiger partial charge on any atom is 0.141 e. The predicted molar refractivity (Wildman–Crippen MR) is 77.1 cm³/mol. The molecular weight excluding hydrogens is 333 g/mol. The summed E-state index contributed by atoms with van der Waals surface area (Å²) in [6.07, 6.45) is 2.31. The van der Waals surface area contributed by atoms with E-state index in [1.807, 2.05) is 12.1 Å². The summed E-state index contributed by atoms with van der Waals surface area (Å²) < 4.78 is 14.1. The highest BCUT2D eigenvalue weighted by atomic mass is 79.9. The lowest BCUT2D eigenvalue weighted by Crippen LogP contribution is -2.29. The molecule has 0 aliphatic heterocycles. The number of hydrazine groups is 1. The van der Waals surface area contributed by atoms with E-state index in [2.05, 4.69) is 26.3 Å². The molecule has 3 nitrogen and oxygen atoms in total. The molecule has 1 aromatic carbocycles. The van der Waals surface area contributed by atoms with Crippen molar-refractivity contribution in [2.45, 2.75) is 12.5 Å². The van der Waals surface area contributed by atoms with Crippen molar-refractivity contribution >= 4 is 27.5 Å². The quantitative estimate of drug-likeness (QED) is 0.660. The maximum absolute atomic E-state index is 13.1. The Kier molecular flexibility index (Phi) is 4.87. The standard InChI is InChI=1S/C13H12BrClFN3/c14-9-2-3-10(18-7-9)6-13(19-17)8-1-4-12(16)11(15)5-8/h1-5,7,13,19H,6,17H2. The van der Waals surface area contributed by atoms with Gasteiger partial charge in [-0.1, -0.05) is 17.7 Å². The minimum atomic E-state index is -0.442. The van der Waals surface area contributed by atoms with Gasteiger partial charge in [-0.25, -0.2) is 4.39 Å². The molecule has 1 atom stereocenters. The first kappa shape index (κ1) is 14.4. The van der Waals surface area contributed by atoms with Crippen LogP contribution >= 0.6 is 27.5 Å². The van der Waals surface area contributed by atoms with E-state index in [4.69, 9.17) is 17.4 Å². The van der Waals surface area contributed by atoms with Crippen molar-refractivity contribution in [2.24, 2.45) is 5.84 Å². The van der Waals surface area contributed by atoms with Gasteiger partial charge in [0.1, 0.15) is 5.82 Å². The van der Waals surface area contributed by atoms with Crippen LogP contribution < -0.4 is 11.3 Å². The first-order valence-corrected chi connectivity index (χ1v) is 6.78. The summed E-state index contributed by atoms with van der Waals surface area (Å²) in [4.78, 5) is 4.28. The number of pyridine rings is 1. The minimum absolute atomic E-state index is 0.0847. The molecule has 6 heteroatoms. The van der Waals surface area contributed by atoms with Crippen LogP contribution in [0.3, 0.4) is 0 Å². The molecule has 3 N–H and O–H groups in total. The Hall–Kier alpha value is -1.01. The number of nitrogens with two attached hydrogens (primary N) is 1. The van der Waals surface area contributed by atoms with Gasteiger partial charge in [-0.3, -0.25) is 16.3 Å². The number of hydrogen-bond donors (Lipinski definition) is 2. The molecule has 0 aliphatic rings. The van der Waals surface area contributed by atoms with Gasteiger partial charge < -0.3 is 0 Å². The lowest BCUT2D eigenvalue weighted by Gasteiger charge is -2.16. The second kappa shape index (κ2) is 6.43. The van der Waals surface area contributed by atoms with Gasteiger partial charge in [0, 0.05) is 22.8 Å². The van der Waals surface area contributed by atoms with Gasteiger partial charge in [-0.05, 0) is 45.8 Å². The normalized spacial score (nSPS) is 12.4. The molecule has 0 radical (unpaired) electrons. The fourth-order valence-corrected chi connectivity index (χ4v) is 2.16. The first-order chi connectivity index (χ1) is 9.10. The van der Waals surface area contributed by atoms with E-state index >= 15 is 0 Å². The van der Waals surface area contributed by atoms with E-state index in [0.29, 0.717) is 6.42 Å². The van der Waals surface area contributed by atoms with Gasteiger partial charge in [0.15, 0.2) is 0 Å². The number of nitrogens with zero attached hydrogens (tertiary/aromatic N) is 1. The molecule has 1 unspecified atom stereocenters. The molecule has 0 fully saturated rings. The zero-order valence-electron chi connectivity index (χ0n) is 9.91. The summed E-state index contributed by atoms with van der Waals surface area (Å²) in [6, 6.07) is 8.20. The highest BCUT2D eigenvalue weighted by Crippen LogP contribution is 2.23. The van der Waals surface area contributed by atoms with Crippen LogP contribution in [0.5, 0.6) is 0 Å². The average molecular weight is 345 g/mol. The highest BCUT2D eigenvalue weighted by molar-refractivity contribution is 9.10. The molecule has 100 valence electrons. The Morgan fingerprint density at radius 2 is 2.16 bits per heavy atom. The fourth-order valence-electron chi connectivity index (χ4n) is 1.74. The van der Waals surface area contributed by atoms with Gasteiger partial charge in [-0.2, -0.15) is 0 Å². The maximum atomic E-state index is 13.1. The van der Waals surface area contributed by atoms with Gasteiger partial charge in [0.2, 0.25) is 0 Å². The van der Waals surface area contributed by atoms with E-state index in [-0.39, 0.29) is 11.1 Å².